The number of nitrogens with zero attached hydrogens (tertiary/aromatic N) is 1. The van der Waals surface area contributed by atoms with Crippen LogP contribution in [0.1, 0.15) is 47.2 Å². The number of hydrogen-bond acceptors (Lipinski definition) is 1. The fraction of sp³-hybridized carbons (Fsp3) is 0.0690. The molecular formula is C58H43N. The Morgan fingerprint density at radius 3 is 1.41 bits per heavy atom. The summed E-state index contributed by atoms with van der Waals surface area (Å²) < 4.78 is 0. The van der Waals surface area contributed by atoms with Crippen molar-refractivity contribution in [3.63, 3.8) is 0 Å². The fourth-order valence-electron chi connectivity index (χ4n) is 10.2. The van der Waals surface area contributed by atoms with E-state index in [1.54, 1.807) is 0 Å². The molecule has 9 aromatic carbocycles. The Bertz CT molecular complexity index is 2940. The molecule has 0 amide bonds. The summed E-state index contributed by atoms with van der Waals surface area (Å²) in [5.74, 6) is 0. The normalized spacial score (nSPS) is 13.9. The van der Waals surface area contributed by atoms with Crippen molar-refractivity contribution in [2.24, 2.45) is 0 Å². The predicted molar refractivity (Wildman–Crippen MR) is 247 cm³/mol. The molecule has 0 saturated heterocycles. The number of anilines is 3. The third-order valence-corrected chi connectivity index (χ3v) is 13.0. The first-order valence-corrected chi connectivity index (χ1v) is 20.7. The zero-order valence-corrected chi connectivity index (χ0v) is 33.3. The van der Waals surface area contributed by atoms with Crippen LogP contribution in [-0.2, 0) is 10.8 Å². The molecule has 11 rings (SSSR count). The van der Waals surface area contributed by atoms with E-state index >= 15 is 0 Å². The molecule has 0 saturated carbocycles. The number of fused-ring (bicyclic) bond motifs is 6. The van der Waals surface area contributed by atoms with E-state index in [9.17, 15) is 0 Å². The van der Waals surface area contributed by atoms with Crippen molar-refractivity contribution in [1.82, 2.24) is 0 Å². The van der Waals surface area contributed by atoms with Gasteiger partial charge in [-0.1, -0.05) is 208 Å². The Balaban J connectivity index is 1.11. The molecule has 0 unspecified atom stereocenters. The molecule has 1 nitrogen and oxygen atoms in total. The molecule has 0 spiro atoms. The molecule has 9 aromatic rings. The molecule has 59 heavy (non-hydrogen) atoms. The maximum atomic E-state index is 2.49. The first kappa shape index (κ1) is 35.0. The Kier molecular flexibility index (Phi) is 8.13. The molecule has 0 atom stereocenters. The Hall–Kier alpha value is -7.22. The van der Waals surface area contributed by atoms with Crippen LogP contribution in [0.15, 0.2) is 224 Å². The van der Waals surface area contributed by atoms with Crippen LogP contribution < -0.4 is 4.90 Å². The van der Waals surface area contributed by atoms with Gasteiger partial charge in [0.2, 0.25) is 0 Å². The lowest BCUT2D eigenvalue weighted by Crippen LogP contribution is -2.28. The van der Waals surface area contributed by atoms with Crippen LogP contribution in [0, 0.1) is 0 Å². The van der Waals surface area contributed by atoms with E-state index in [0.717, 1.165) is 11.4 Å². The highest BCUT2D eigenvalue weighted by atomic mass is 15.1. The lowest BCUT2D eigenvalue weighted by molar-refractivity contribution is 0.660. The quantitative estimate of drug-likeness (QED) is 0.157. The van der Waals surface area contributed by atoms with E-state index in [2.05, 4.69) is 243 Å². The van der Waals surface area contributed by atoms with Crippen LogP contribution >= 0.6 is 0 Å². The standard InChI is InChI=1S/C58H43N/c1-57(2)51-25-14-13-24-49(51)56-54(57)27-16-28-55(56)59(46-35-33-43(34-36-46)42-31-29-41(30-32-42)40-17-6-3-7-18-40)47-37-38-53-50(39-47)48-23-12-15-26-52(48)58(53,44-19-8-4-9-20-44)45-21-10-5-11-22-45/h3-39H,1-2H3. The van der Waals surface area contributed by atoms with Gasteiger partial charge in [-0.2, -0.15) is 0 Å². The fourth-order valence-corrected chi connectivity index (χ4v) is 10.2. The second kappa shape index (κ2) is 13.7. The van der Waals surface area contributed by atoms with Crippen LogP contribution in [0.3, 0.4) is 0 Å². The molecular weight excluding hydrogens is 711 g/mol. The average Bonchev–Trinajstić information content (AvgIpc) is 3.73. The SMILES string of the molecule is CC1(C)c2ccccc2-c2c(N(c3ccc(-c4ccc(-c5ccccc5)cc4)cc3)c3ccc4c(c3)-c3ccccc3C4(c3ccccc3)c3ccccc3)cccc21. The highest BCUT2D eigenvalue weighted by Gasteiger charge is 2.46. The molecule has 280 valence electrons. The minimum atomic E-state index is -0.452. The summed E-state index contributed by atoms with van der Waals surface area (Å²) in [6.07, 6.45) is 0. The van der Waals surface area contributed by atoms with Crippen molar-refractivity contribution in [2.45, 2.75) is 24.7 Å². The highest BCUT2D eigenvalue weighted by molar-refractivity contribution is 5.97. The van der Waals surface area contributed by atoms with Gasteiger partial charge in [-0.3, -0.25) is 0 Å². The summed E-state index contributed by atoms with van der Waals surface area (Å²) in [5, 5.41) is 0. The summed E-state index contributed by atoms with van der Waals surface area (Å²) >= 11 is 0. The van der Waals surface area contributed by atoms with Gasteiger partial charge in [0.1, 0.15) is 0 Å². The molecule has 2 aliphatic rings. The van der Waals surface area contributed by atoms with E-state index in [0.29, 0.717) is 0 Å². The van der Waals surface area contributed by atoms with Gasteiger partial charge >= 0.3 is 0 Å². The van der Waals surface area contributed by atoms with Crippen molar-refractivity contribution in [3.05, 3.63) is 258 Å². The molecule has 1 heteroatoms. The molecule has 0 fully saturated rings. The van der Waals surface area contributed by atoms with Crippen LogP contribution in [0.2, 0.25) is 0 Å². The Morgan fingerprint density at radius 1 is 0.322 bits per heavy atom. The van der Waals surface area contributed by atoms with E-state index in [1.807, 2.05) is 0 Å². The van der Waals surface area contributed by atoms with Crippen LogP contribution in [0.5, 0.6) is 0 Å². The highest BCUT2D eigenvalue weighted by Crippen LogP contribution is 2.58. The minimum absolute atomic E-state index is 0.120. The Morgan fingerprint density at radius 2 is 0.780 bits per heavy atom. The third-order valence-electron chi connectivity index (χ3n) is 13.0. The molecule has 0 N–H and O–H groups in total. The van der Waals surface area contributed by atoms with E-state index in [-0.39, 0.29) is 5.41 Å². The summed E-state index contributed by atoms with van der Waals surface area (Å²) in [7, 11) is 0. The van der Waals surface area contributed by atoms with Crippen molar-refractivity contribution < 1.29 is 0 Å². The lowest BCUT2D eigenvalue weighted by Gasteiger charge is -2.34. The second-order valence-corrected chi connectivity index (χ2v) is 16.5. The molecule has 0 heterocycles. The average molecular weight is 754 g/mol. The number of benzene rings is 9. The number of hydrogen-bond donors (Lipinski definition) is 0. The zero-order chi connectivity index (χ0) is 39.6. The van der Waals surface area contributed by atoms with Gasteiger partial charge in [0.25, 0.3) is 0 Å². The Labute approximate surface area is 347 Å². The van der Waals surface area contributed by atoms with Gasteiger partial charge < -0.3 is 4.90 Å². The van der Waals surface area contributed by atoms with Gasteiger partial charge in [-0.05, 0) is 103 Å². The summed E-state index contributed by atoms with van der Waals surface area (Å²) in [6, 6.07) is 82.9. The third kappa shape index (κ3) is 5.39. The molecule has 0 bridgehead atoms. The lowest BCUT2D eigenvalue weighted by atomic mass is 9.68. The number of rotatable bonds is 7. The van der Waals surface area contributed by atoms with E-state index < -0.39 is 5.41 Å². The summed E-state index contributed by atoms with van der Waals surface area (Å²) in [5.41, 5.74) is 20.7. The summed E-state index contributed by atoms with van der Waals surface area (Å²) in [4.78, 5) is 2.49. The smallest absolute Gasteiger partial charge is 0.0713 e. The van der Waals surface area contributed by atoms with Gasteiger partial charge in [0, 0.05) is 22.4 Å². The second-order valence-electron chi connectivity index (χ2n) is 16.5. The molecule has 2 aliphatic carbocycles. The van der Waals surface area contributed by atoms with Gasteiger partial charge in [-0.15, -0.1) is 0 Å². The van der Waals surface area contributed by atoms with Crippen molar-refractivity contribution in [3.8, 4) is 44.5 Å². The molecule has 0 aromatic heterocycles. The van der Waals surface area contributed by atoms with Gasteiger partial charge in [0.15, 0.2) is 0 Å². The molecule has 0 aliphatic heterocycles. The van der Waals surface area contributed by atoms with Crippen LogP contribution in [0.4, 0.5) is 17.1 Å². The van der Waals surface area contributed by atoms with Crippen molar-refractivity contribution in [2.75, 3.05) is 4.90 Å². The van der Waals surface area contributed by atoms with Crippen LogP contribution in [-0.4, -0.2) is 0 Å². The topological polar surface area (TPSA) is 3.24 Å². The summed E-state index contributed by atoms with van der Waals surface area (Å²) in [6.45, 7) is 4.73. The maximum absolute atomic E-state index is 2.49. The largest absolute Gasteiger partial charge is 0.310 e. The zero-order valence-electron chi connectivity index (χ0n) is 33.3. The van der Waals surface area contributed by atoms with E-state index in [4.69, 9.17) is 0 Å². The minimum Gasteiger partial charge on any atom is -0.310 e. The van der Waals surface area contributed by atoms with E-state index in [1.165, 1.54) is 83.6 Å². The van der Waals surface area contributed by atoms with Gasteiger partial charge in [-0.25, -0.2) is 0 Å². The molecule has 0 radical (unpaired) electrons. The maximum Gasteiger partial charge on any atom is 0.0713 e. The first-order chi connectivity index (χ1) is 29.0. The first-order valence-electron chi connectivity index (χ1n) is 20.7. The van der Waals surface area contributed by atoms with Gasteiger partial charge in [0.05, 0.1) is 11.1 Å². The monoisotopic (exact) mass is 753 g/mol. The van der Waals surface area contributed by atoms with Crippen molar-refractivity contribution >= 4 is 17.1 Å². The van der Waals surface area contributed by atoms with Crippen LogP contribution in [0.25, 0.3) is 44.5 Å². The van der Waals surface area contributed by atoms with Crippen molar-refractivity contribution in [1.29, 1.82) is 0 Å². The predicted octanol–water partition coefficient (Wildman–Crippen LogP) is 15.2.